The van der Waals surface area contributed by atoms with Crippen LogP contribution in [0.1, 0.15) is 17.6 Å². The summed E-state index contributed by atoms with van der Waals surface area (Å²) in [6, 6.07) is 0. The van der Waals surface area contributed by atoms with Crippen molar-refractivity contribution < 1.29 is 13.7 Å². The number of nitrogens with one attached hydrogen (secondary N) is 1. The number of halogens is 2. The second-order valence-electron chi connectivity index (χ2n) is 2.66. The van der Waals surface area contributed by atoms with Crippen LogP contribution in [0, 0.1) is 10.1 Å². The molecule has 0 atom stereocenters. The maximum absolute atomic E-state index is 12.2. The number of pyridine rings is 1. The normalized spacial score (nSPS) is 10.7. The van der Waals surface area contributed by atoms with Gasteiger partial charge < -0.3 is 15.8 Å². The summed E-state index contributed by atoms with van der Waals surface area (Å²) >= 11 is 0. The highest BCUT2D eigenvalue weighted by Gasteiger charge is 2.22. The van der Waals surface area contributed by atoms with Gasteiger partial charge in [0.2, 0.25) is 5.43 Å². The molecule has 0 aliphatic rings. The Balaban J connectivity index is 3.46. The molecule has 3 N–H and O–H groups in total. The van der Waals surface area contributed by atoms with E-state index in [1.54, 1.807) is 0 Å². The Morgan fingerprint density at radius 2 is 2.20 bits per heavy atom. The number of nitro groups is 1. The molecule has 0 aliphatic carbocycles. The number of hydrogen-bond acceptors (Lipinski definition) is 4. The summed E-state index contributed by atoms with van der Waals surface area (Å²) in [6.45, 7) is -0.466. The van der Waals surface area contributed by atoms with E-state index in [0.29, 0.717) is 6.20 Å². The van der Waals surface area contributed by atoms with Gasteiger partial charge in [-0.05, 0) is 4.92 Å². The molecule has 0 unspecified atom stereocenters. The molecule has 0 saturated heterocycles. The fourth-order valence-corrected chi connectivity index (χ4v) is 1.09. The van der Waals surface area contributed by atoms with Crippen molar-refractivity contribution in [1.82, 2.24) is 4.98 Å². The number of hydrogen-bond donors (Lipinski definition) is 2. The highest BCUT2D eigenvalue weighted by atomic mass is 19.3. The fraction of sp³-hybridized carbons (Fsp3) is 0.286. The lowest BCUT2D eigenvalue weighted by atomic mass is 10.2. The van der Waals surface area contributed by atoms with E-state index < -0.39 is 40.3 Å². The van der Waals surface area contributed by atoms with Crippen LogP contribution in [-0.4, -0.2) is 9.91 Å². The molecule has 1 aromatic heterocycles. The first-order valence-corrected chi connectivity index (χ1v) is 3.86. The molecule has 0 spiro atoms. The molecule has 1 rings (SSSR count). The minimum atomic E-state index is -2.99. The van der Waals surface area contributed by atoms with Crippen LogP contribution >= 0.6 is 0 Å². The topological polar surface area (TPSA) is 102 Å². The molecule has 0 bridgehead atoms. The summed E-state index contributed by atoms with van der Waals surface area (Å²) in [4.78, 5) is 22.8. The summed E-state index contributed by atoms with van der Waals surface area (Å²) in [6.07, 6.45) is -2.36. The molecular formula is C7H7F2N3O3. The van der Waals surface area contributed by atoms with Gasteiger partial charge in [0, 0.05) is 6.54 Å². The second-order valence-corrected chi connectivity index (χ2v) is 2.66. The van der Waals surface area contributed by atoms with Crippen molar-refractivity contribution in [3.05, 3.63) is 37.7 Å². The standard InChI is InChI=1S/C7H7F2N3O3/c8-6(9)4-2-11-7(12(14)15)3(1-10)5(4)13/h2,6H,1,10H2,(H,11,13). The minimum Gasteiger partial charge on any atom is -0.358 e. The molecular weight excluding hydrogens is 212 g/mol. The number of aromatic amines is 1. The van der Waals surface area contributed by atoms with Gasteiger partial charge in [-0.25, -0.2) is 13.8 Å². The Morgan fingerprint density at radius 1 is 1.60 bits per heavy atom. The van der Waals surface area contributed by atoms with Crippen LogP contribution in [-0.2, 0) is 6.54 Å². The van der Waals surface area contributed by atoms with Crippen molar-refractivity contribution in [2.75, 3.05) is 0 Å². The van der Waals surface area contributed by atoms with E-state index in [1.807, 2.05) is 4.98 Å². The third kappa shape index (κ3) is 1.99. The highest BCUT2D eigenvalue weighted by molar-refractivity contribution is 5.35. The molecule has 1 heterocycles. The van der Waals surface area contributed by atoms with Crippen LogP contribution in [0.25, 0.3) is 0 Å². The number of alkyl halides is 2. The Morgan fingerprint density at radius 3 is 2.60 bits per heavy atom. The van der Waals surface area contributed by atoms with E-state index in [1.165, 1.54) is 0 Å². The van der Waals surface area contributed by atoms with Gasteiger partial charge in [0.25, 0.3) is 6.43 Å². The summed E-state index contributed by atoms with van der Waals surface area (Å²) in [5.74, 6) is -0.646. The number of rotatable bonds is 3. The summed E-state index contributed by atoms with van der Waals surface area (Å²) in [5.41, 5.74) is 2.74. The van der Waals surface area contributed by atoms with E-state index in [-0.39, 0.29) is 0 Å². The van der Waals surface area contributed by atoms with Gasteiger partial charge in [0.05, 0.1) is 0 Å². The van der Waals surface area contributed by atoms with E-state index >= 15 is 0 Å². The minimum absolute atomic E-state index is 0.446. The molecule has 82 valence electrons. The number of nitrogens with two attached hydrogens (primary N) is 1. The zero-order chi connectivity index (χ0) is 11.6. The van der Waals surface area contributed by atoms with E-state index in [0.717, 1.165) is 0 Å². The van der Waals surface area contributed by atoms with Gasteiger partial charge in [-0.1, -0.05) is 0 Å². The van der Waals surface area contributed by atoms with Gasteiger partial charge in [-0.15, -0.1) is 0 Å². The first-order chi connectivity index (χ1) is 6.99. The first kappa shape index (κ1) is 11.2. The van der Waals surface area contributed by atoms with Gasteiger partial charge in [0.1, 0.15) is 17.3 Å². The lowest BCUT2D eigenvalue weighted by Gasteiger charge is -2.02. The van der Waals surface area contributed by atoms with E-state index in [2.05, 4.69) is 0 Å². The zero-order valence-electron chi connectivity index (χ0n) is 7.37. The van der Waals surface area contributed by atoms with Crippen molar-refractivity contribution in [2.24, 2.45) is 5.73 Å². The number of H-pyrrole nitrogens is 1. The number of nitrogens with zero attached hydrogens (tertiary/aromatic N) is 1. The van der Waals surface area contributed by atoms with Crippen LogP contribution < -0.4 is 11.2 Å². The monoisotopic (exact) mass is 219 g/mol. The molecule has 0 aliphatic heterocycles. The SMILES string of the molecule is NCc1c([N+](=O)[O-])[nH]cc(C(F)F)c1=O. The van der Waals surface area contributed by atoms with Crippen molar-refractivity contribution >= 4 is 5.82 Å². The third-order valence-electron chi connectivity index (χ3n) is 1.81. The quantitative estimate of drug-likeness (QED) is 0.576. The molecule has 1 aromatic rings. The fourth-order valence-electron chi connectivity index (χ4n) is 1.09. The van der Waals surface area contributed by atoms with Crippen LogP contribution in [0.15, 0.2) is 11.0 Å². The van der Waals surface area contributed by atoms with Crippen LogP contribution in [0.3, 0.4) is 0 Å². The molecule has 6 nitrogen and oxygen atoms in total. The Kier molecular flexibility index (Phi) is 3.10. The Labute approximate surface area is 81.9 Å². The molecule has 0 aromatic carbocycles. The van der Waals surface area contributed by atoms with Crippen molar-refractivity contribution in [3.8, 4) is 0 Å². The summed E-state index contributed by atoms with van der Waals surface area (Å²) < 4.78 is 24.5. The molecule has 15 heavy (non-hydrogen) atoms. The average Bonchev–Trinajstić information content (AvgIpc) is 2.16. The molecule has 8 heteroatoms. The van der Waals surface area contributed by atoms with Gasteiger partial charge in [-0.3, -0.25) is 4.79 Å². The largest absolute Gasteiger partial charge is 0.358 e. The maximum atomic E-state index is 12.2. The predicted octanol–water partition coefficient (Wildman–Crippen LogP) is 0.679. The number of aromatic nitrogens is 1. The Bertz CT molecular complexity index is 444. The molecule has 0 amide bonds. The maximum Gasteiger partial charge on any atom is 0.329 e. The summed E-state index contributed by atoms with van der Waals surface area (Å²) in [7, 11) is 0. The van der Waals surface area contributed by atoms with Crippen LogP contribution in [0.4, 0.5) is 14.6 Å². The predicted molar refractivity (Wildman–Crippen MR) is 46.6 cm³/mol. The second kappa shape index (κ2) is 4.13. The first-order valence-electron chi connectivity index (χ1n) is 3.86. The molecule has 0 radical (unpaired) electrons. The lowest BCUT2D eigenvalue weighted by Crippen LogP contribution is -2.20. The smallest absolute Gasteiger partial charge is 0.329 e. The van der Waals surface area contributed by atoms with Gasteiger partial charge in [0.15, 0.2) is 0 Å². The Hall–Kier alpha value is -1.83. The average molecular weight is 219 g/mol. The van der Waals surface area contributed by atoms with Gasteiger partial charge in [-0.2, -0.15) is 0 Å². The van der Waals surface area contributed by atoms with E-state index in [4.69, 9.17) is 5.73 Å². The van der Waals surface area contributed by atoms with Crippen molar-refractivity contribution in [3.63, 3.8) is 0 Å². The molecule has 0 saturated carbocycles. The van der Waals surface area contributed by atoms with Crippen LogP contribution in [0.2, 0.25) is 0 Å². The highest BCUT2D eigenvalue weighted by Crippen LogP contribution is 2.18. The molecule has 0 fully saturated rings. The summed E-state index contributed by atoms with van der Waals surface area (Å²) in [5, 5.41) is 10.4. The van der Waals surface area contributed by atoms with Crippen molar-refractivity contribution in [1.29, 1.82) is 0 Å². The van der Waals surface area contributed by atoms with Crippen LogP contribution in [0.5, 0.6) is 0 Å². The van der Waals surface area contributed by atoms with E-state index in [9.17, 15) is 23.7 Å². The zero-order valence-corrected chi connectivity index (χ0v) is 7.37. The van der Waals surface area contributed by atoms with Crippen molar-refractivity contribution in [2.45, 2.75) is 13.0 Å². The van der Waals surface area contributed by atoms with Gasteiger partial charge >= 0.3 is 5.82 Å². The lowest BCUT2D eigenvalue weighted by molar-refractivity contribution is -0.390. The third-order valence-corrected chi connectivity index (χ3v) is 1.81.